The van der Waals surface area contributed by atoms with E-state index in [0.717, 1.165) is 15.7 Å². The van der Waals surface area contributed by atoms with Crippen molar-refractivity contribution in [1.29, 1.82) is 0 Å². The van der Waals surface area contributed by atoms with E-state index in [1.807, 2.05) is 66.7 Å². The summed E-state index contributed by atoms with van der Waals surface area (Å²) in [6, 6.07) is 17.1. The predicted octanol–water partition coefficient (Wildman–Crippen LogP) is 3.48. The molecule has 28 heavy (non-hydrogen) atoms. The first-order valence-corrected chi connectivity index (χ1v) is 10.0. The molecule has 0 unspecified atom stereocenters. The fraction of sp³-hybridized carbons (Fsp3) is 0.273. The lowest BCUT2D eigenvalue weighted by Gasteiger charge is -2.22. The Morgan fingerprint density at radius 2 is 1.93 bits per heavy atom. The molecule has 0 radical (unpaired) electrons. The van der Waals surface area contributed by atoms with Crippen LogP contribution in [0.15, 0.2) is 71.2 Å². The van der Waals surface area contributed by atoms with Crippen LogP contribution < -0.4 is 4.90 Å². The Morgan fingerprint density at radius 3 is 2.71 bits per heavy atom. The lowest BCUT2D eigenvalue weighted by Crippen LogP contribution is -2.40. The number of ether oxygens (including phenoxy) is 2. The molecule has 0 N–H and O–H groups in total. The maximum Gasteiger partial charge on any atom is 0.313 e. The third-order valence-corrected chi connectivity index (χ3v) is 6.41. The van der Waals surface area contributed by atoms with Crippen molar-refractivity contribution in [3.63, 3.8) is 0 Å². The topological polar surface area (TPSA) is 55.8 Å². The monoisotopic (exact) mass is 439 g/mol. The van der Waals surface area contributed by atoms with Crippen molar-refractivity contribution in [1.82, 2.24) is 0 Å². The predicted molar refractivity (Wildman–Crippen MR) is 106 cm³/mol. The number of hydrogen-bond donors (Lipinski definition) is 0. The molecular formula is C22H18BrNO4. The lowest BCUT2D eigenvalue weighted by atomic mass is 9.77. The molecular weight excluding hydrogens is 422 g/mol. The number of hydrogen-bond acceptors (Lipinski definition) is 4. The molecule has 3 aliphatic rings. The minimum Gasteiger partial charge on any atom is -0.460 e. The first kappa shape index (κ1) is 17.6. The van der Waals surface area contributed by atoms with E-state index < -0.39 is 23.5 Å². The summed E-state index contributed by atoms with van der Waals surface area (Å²) in [6.45, 7) is 0.586. The number of amides is 1. The lowest BCUT2D eigenvalue weighted by molar-refractivity contribution is -0.153. The minimum absolute atomic E-state index is 0.0968. The summed E-state index contributed by atoms with van der Waals surface area (Å²) in [4.78, 5) is 27.9. The smallest absolute Gasteiger partial charge is 0.313 e. The van der Waals surface area contributed by atoms with E-state index in [0.29, 0.717) is 6.54 Å². The average molecular weight is 440 g/mol. The number of para-hydroxylation sites is 1. The quantitative estimate of drug-likeness (QED) is 0.540. The van der Waals surface area contributed by atoms with Gasteiger partial charge in [-0.2, -0.15) is 0 Å². The average Bonchev–Trinajstić information content (AvgIpc) is 3.36. The number of carbonyl (C=O) groups is 2. The van der Waals surface area contributed by atoms with Crippen LogP contribution in [0.1, 0.15) is 5.56 Å². The number of anilines is 1. The van der Waals surface area contributed by atoms with Gasteiger partial charge >= 0.3 is 5.97 Å². The Labute approximate surface area is 171 Å². The molecule has 0 saturated carbocycles. The molecule has 0 aromatic heterocycles. The molecule has 4 atom stereocenters. The minimum atomic E-state index is -0.756. The van der Waals surface area contributed by atoms with Crippen molar-refractivity contribution in [3.8, 4) is 0 Å². The highest BCUT2D eigenvalue weighted by molar-refractivity contribution is 9.10. The number of benzene rings is 2. The van der Waals surface area contributed by atoms with Crippen LogP contribution in [0.2, 0.25) is 0 Å². The van der Waals surface area contributed by atoms with Crippen LogP contribution in [-0.4, -0.2) is 30.1 Å². The van der Waals surface area contributed by atoms with Crippen molar-refractivity contribution in [2.24, 2.45) is 11.8 Å². The van der Waals surface area contributed by atoms with E-state index in [2.05, 4.69) is 15.9 Å². The van der Waals surface area contributed by atoms with Gasteiger partial charge in [0.25, 0.3) is 0 Å². The van der Waals surface area contributed by atoms with Gasteiger partial charge in [0.15, 0.2) is 0 Å². The highest BCUT2D eigenvalue weighted by Crippen LogP contribution is 2.53. The first-order chi connectivity index (χ1) is 13.6. The second-order valence-electron chi connectivity index (χ2n) is 7.37. The highest BCUT2D eigenvalue weighted by atomic mass is 79.9. The van der Waals surface area contributed by atoms with Gasteiger partial charge in [-0.25, -0.2) is 0 Å². The normalized spacial score (nSPS) is 30.0. The number of carbonyl (C=O) groups excluding carboxylic acids is 2. The molecule has 3 heterocycles. The van der Waals surface area contributed by atoms with E-state index in [1.165, 1.54) is 0 Å². The van der Waals surface area contributed by atoms with Crippen LogP contribution in [0, 0.1) is 11.8 Å². The summed E-state index contributed by atoms with van der Waals surface area (Å²) < 4.78 is 12.5. The molecule has 6 heteroatoms. The van der Waals surface area contributed by atoms with Crippen LogP contribution in [0.3, 0.4) is 0 Å². The summed E-state index contributed by atoms with van der Waals surface area (Å²) in [7, 11) is 0. The van der Waals surface area contributed by atoms with Crippen molar-refractivity contribution < 1.29 is 19.1 Å². The second-order valence-corrected chi connectivity index (χ2v) is 8.22. The van der Waals surface area contributed by atoms with Crippen LogP contribution in [0.4, 0.5) is 5.69 Å². The fourth-order valence-electron chi connectivity index (χ4n) is 4.47. The Bertz CT molecular complexity index is 976. The van der Waals surface area contributed by atoms with Crippen molar-refractivity contribution in [3.05, 3.63) is 76.8 Å². The maximum atomic E-state index is 13.3. The van der Waals surface area contributed by atoms with Crippen molar-refractivity contribution >= 4 is 33.5 Å². The van der Waals surface area contributed by atoms with Crippen LogP contribution in [0.5, 0.6) is 0 Å². The number of nitrogens with zero attached hydrogens (tertiary/aromatic N) is 1. The molecule has 142 valence electrons. The van der Waals surface area contributed by atoms with Crippen molar-refractivity contribution in [2.45, 2.75) is 18.3 Å². The summed E-state index contributed by atoms with van der Waals surface area (Å²) in [5, 5.41) is 0. The molecule has 1 spiro atoms. The SMILES string of the molecule is O=C(OCc1ccccc1)[C@H]1[C@H]2C(=O)N(c3ccccc3Br)C[C@]23C=C[C@H]1O3. The number of rotatable bonds is 4. The van der Waals surface area contributed by atoms with Crippen LogP contribution >= 0.6 is 15.9 Å². The van der Waals surface area contributed by atoms with Gasteiger partial charge in [-0.15, -0.1) is 0 Å². The highest BCUT2D eigenvalue weighted by Gasteiger charge is 2.67. The third-order valence-electron chi connectivity index (χ3n) is 5.74. The number of halogens is 1. The molecule has 3 aliphatic heterocycles. The zero-order chi connectivity index (χ0) is 19.3. The largest absolute Gasteiger partial charge is 0.460 e. The number of esters is 1. The van der Waals surface area contributed by atoms with Gasteiger partial charge in [0.2, 0.25) is 5.91 Å². The third kappa shape index (κ3) is 2.63. The van der Waals surface area contributed by atoms with Gasteiger partial charge in [-0.1, -0.05) is 54.6 Å². The molecule has 5 nitrogen and oxygen atoms in total. The standard InChI is InChI=1S/C22H18BrNO4/c23-15-8-4-5-9-16(15)24-13-22-11-10-17(28-22)18(19(22)20(24)25)21(26)27-12-14-6-2-1-3-7-14/h1-11,17-19H,12-13H2/t17-,18-,19+,22-/m1/s1. The van der Waals surface area contributed by atoms with Gasteiger partial charge in [0, 0.05) is 4.47 Å². The van der Waals surface area contributed by atoms with E-state index in [-0.39, 0.29) is 18.5 Å². The molecule has 0 aliphatic carbocycles. The second kappa shape index (κ2) is 6.57. The number of fused-ring (bicyclic) bond motifs is 1. The van der Waals surface area contributed by atoms with E-state index in [1.54, 1.807) is 4.90 Å². The van der Waals surface area contributed by atoms with E-state index in [9.17, 15) is 9.59 Å². The van der Waals surface area contributed by atoms with Crippen molar-refractivity contribution in [2.75, 3.05) is 11.4 Å². The fourth-order valence-corrected chi connectivity index (χ4v) is 4.97. The zero-order valence-electron chi connectivity index (χ0n) is 15.0. The summed E-state index contributed by atoms with van der Waals surface area (Å²) in [6.07, 6.45) is 3.43. The molecule has 2 saturated heterocycles. The van der Waals surface area contributed by atoms with Crippen LogP contribution in [-0.2, 0) is 25.7 Å². The molecule has 2 bridgehead atoms. The zero-order valence-corrected chi connectivity index (χ0v) is 16.5. The van der Waals surface area contributed by atoms with Crippen LogP contribution in [0.25, 0.3) is 0 Å². The van der Waals surface area contributed by atoms with Gasteiger partial charge in [-0.05, 0) is 33.6 Å². The molecule has 5 rings (SSSR count). The maximum absolute atomic E-state index is 13.3. The van der Waals surface area contributed by atoms with E-state index in [4.69, 9.17) is 9.47 Å². The Hall–Kier alpha value is -2.44. The summed E-state index contributed by atoms with van der Waals surface area (Å²) >= 11 is 3.51. The summed E-state index contributed by atoms with van der Waals surface area (Å²) in [5.41, 5.74) is 0.943. The van der Waals surface area contributed by atoms with Gasteiger partial charge < -0.3 is 14.4 Å². The molecule has 2 aromatic carbocycles. The summed E-state index contributed by atoms with van der Waals surface area (Å²) in [5.74, 6) is -1.65. The van der Waals surface area contributed by atoms with Gasteiger partial charge in [0.05, 0.1) is 24.3 Å². The molecule has 2 fully saturated rings. The molecule has 2 aromatic rings. The van der Waals surface area contributed by atoms with Gasteiger partial charge in [-0.3, -0.25) is 9.59 Å². The van der Waals surface area contributed by atoms with Gasteiger partial charge in [0.1, 0.15) is 18.1 Å². The van der Waals surface area contributed by atoms with E-state index >= 15 is 0 Å². The Kier molecular flexibility index (Phi) is 4.14. The first-order valence-electron chi connectivity index (χ1n) is 9.23. The Balaban J connectivity index is 1.40. The molecule has 1 amide bonds. The Morgan fingerprint density at radius 1 is 1.18 bits per heavy atom.